The highest BCUT2D eigenvalue weighted by atomic mass is 16.5. The largest absolute Gasteiger partial charge is 0.468 e. The maximum atomic E-state index is 9.55. The number of unbranched alkanes of at least 4 members (excludes halogenated alkanes) is 2. The second-order valence-corrected chi connectivity index (χ2v) is 3.17. The summed E-state index contributed by atoms with van der Waals surface area (Å²) in [6, 6.07) is 0. The van der Waals surface area contributed by atoms with E-state index in [0.717, 1.165) is 39.0 Å². The number of hydrogen-bond acceptors (Lipinski definition) is 4. The second kappa shape index (κ2) is 12.4. The number of hydrogen-bond donors (Lipinski definition) is 2. The Balaban J connectivity index is 0.000000249. The lowest BCUT2D eigenvalue weighted by Gasteiger charge is -2.11. The van der Waals surface area contributed by atoms with Gasteiger partial charge < -0.3 is 15.4 Å². The van der Waals surface area contributed by atoms with Crippen LogP contribution in [0.3, 0.4) is 0 Å². The van der Waals surface area contributed by atoms with Gasteiger partial charge in [0.25, 0.3) is 6.47 Å². The fraction of sp³-hybridized carbons (Fsp3) is 0.900. The number of carbonyl (C=O) groups is 1. The van der Waals surface area contributed by atoms with Gasteiger partial charge in [0.15, 0.2) is 0 Å². The van der Waals surface area contributed by atoms with Crippen molar-refractivity contribution in [1.82, 2.24) is 10.6 Å². The molecular weight excluding hydrogens is 180 g/mol. The lowest BCUT2D eigenvalue weighted by molar-refractivity contribution is -0.128. The van der Waals surface area contributed by atoms with Crippen LogP contribution in [0.2, 0.25) is 0 Å². The van der Waals surface area contributed by atoms with Gasteiger partial charge >= 0.3 is 0 Å². The summed E-state index contributed by atoms with van der Waals surface area (Å²) in [7, 11) is 0. The van der Waals surface area contributed by atoms with Crippen molar-refractivity contribution < 1.29 is 9.53 Å². The van der Waals surface area contributed by atoms with Crippen LogP contribution in [0.1, 0.15) is 26.2 Å². The van der Waals surface area contributed by atoms with E-state index in [2.05, 4.69) is 22.3 Å². The first-order valence-electron chi connectivity index (χ1n) is 5.38. The molecule has 1 heterocycles. The van der Waals surface area contributed by atoms with Crippen LogP contribution in [0.15, 0.2) is 0 Å². The molecule has 2 N–H and O–H groups in total. The third-order valence-corrected chi connectivity index (χ3v) is 1.89. The highest BCUT2D eigenvalue weighted by molar-refractivity contribution is 5.36. The van der Waals surface area contributed by atoms with Gasteiger partial charge in [0.1, 0.15) is 0 Å². The first-order valence-corrected chi connectivity index (χ1v) is 5.38. The van der Waals surface area contributed by atoms with Crippen LogP contribution in [-0.2, 0) is 9.53 Å². The fourth-order valence-corrected chi connectivity index (χ4v) is 1.09. The second-order valence-electron chi connectivity index (χ2n) is 3.17. The minimum Gasteiger partial charge on any atom is -0.468 e. The summed E-state index contributed by atoms with van der Waals surface area (Å²) < 4.78 is 4.46. The van der Waals surface area contributed by atoms with Crippen LogP contribution < -0.4 is 10.6 Å². The SMILES string of the molecule is C1CNCCN1.CCCCCOC=O. The fourth-order valence-electron chi connectivity index (χ4n) is 1.09. The molecule has 4 heteroatoms. The molecule has 0 aliphatic carbocycles. The van der Waals surface area contributed by atoms with Gasteiger partial charge in [-0.2, -0.15) is 0 Å². The molecule has 84 valence electrons. The van der Waals surface area contributed by atoms with E-state index in [0.29, 0.717) is 13.1 Å². The summed E-state index contributed by atoms with van der Waals surface area (Å²) in [6.07, 6.45) is 3.31. The zero-order valence-electron chi connectivity index (χ0n) is 9.05. The molecule has 0 spiro atoms. The van der Waals surface area contributed by atoms with Crippen molar-refractivity contribution in [2.45, 2.75) is 26.2 Å². The maximum absolute atomic E-state index is 9.55. The van der Waals surface area contributed by atoms with Gasteiger partial charge in [-0.15, -0.1) is 0 Å². The van der Waals surface area contributed by atoms with E-state index in [9.17, 15) is 4.79 Å². The third-order valence-electron chi connectivity index (χ3n) is 1.89. The molecule has 1 aliphatic heterocycles. The zero-order chi connectivity index (χ0) is 10.5. The van der Waals surface area contributed by atoms with Crippen molar-refractivity contribution in [3.8, 4) is 0 Å². The van der Waals surface area contributed by atoms with Crippen molar-refractivity contribution in [3.05, 3.63) is 0 Å². The predicted molar refractivity (Wildman–Crippen MR) is 57.3 cm³/mol. The van der Waals surface area contributed by atoms with Crippen molar-refractivity contribution in [1.29, 1.82) is 0 Å². The van der Waals surface area contributed by atoms with Gasteiger partial charge in [0.05, 0.1) is 6.61 Å². The Morgan fingerprint density at radius 3 is 2.07 bits per heavy atom. The summed E-state index contributed by atoms with van der Waals surface area (Å²) in [5, 5.41) is 6.44. The summed E-state index contributed by atoms with van der Waals surface area (Å²) in [5.41, 5.74) is 0. The monoisotopic (exact) mass is 202 g/mol. The number of piperazine rings is 1. The van der Waals surface area contributed by atoms with Gasteiger partial charge in [0.2, 0.25) is 0 Å². The van der Waals surface area contributed by atoms with Crippen LogP contribution in [0, 0.1) is 0 Å². The standard InChI is InChI=1S/C6H12O2.C4H10N2/c1-2-3-4-5-8-6-7;1-2-6-4-3-5-1/h6H,2-5H2,1H3;5-6H,1-4H2. The van der Waals surface area contributed by atoms with E-state index in [1.165, 1.54) is 6.42 Å². The molecule has 0 aromatic rings. The molecular formula is C10H22N2O2. The lowest BCUT2D eigenvalue weighted by atomic mass is 10.3. The normalized spacial score (nSPS) is 15.2. The molecule has 4 nitrogen and oxygen atoms in total. The molecule has 0 amide bonds. The Morgan fingerprint density at radius 2 is 1.71 bits per heavy atom. The Kier molecular flexibility index (Phi) is 11.9. The smallest absolute Gasteiger partial charge is 0.293 e. The summed E-state index contributed by atoms with van der Waals surface area (Å²) in [4.78, 5) is 9.55. The summed E-state index contributed by atoms with van der Waals surface area (Å²) >= 11 is 0. The highest BCUT2D eigenvalue weighted by Gasteiger charge is 1.91. The van der Waals surface area contributed by atoms with Crippen LogP contribution in [-0.4, -0.2) is 39.3 Å². The van der Waals surface area contributed by atoms with Crippen molar-refractivity contribution in [3.63, 3.8) is 0 Å². The molecule has 1 rings (SSSR count). The van der Waals surface area contributed by atoms with Gasteiger partial charge in [-0.1, -0.05) is 19.8 Å². The van der Waals surface area contributed by atoms with Crippen LogP contribution >= 0.6 is 0 Å². The quantitative estimate of drug-likeness (QED) is 0.504. The van der Waals surface area contributed by atoms with Gasteiger partial charge in [-0.3, -0.25) is 4.79 Å². The molecule has 0 radical (unpaired) electrons. The molecule has 1 aliphatic rings. The van der Waals surface area contributed by atoms with Crippen molar-refractivity contribution in [2.24, 2.45) is 0 Å². The third kappa shape index (κ3) is 11.4. The number of carbonyl (C=O) groups excluding carboxylic acids is 1. The molecule has 14 heavy (non-hydrogen) atoms. The molecule has 1 saturated heterocycles. The van der Waals surface area contributed by atoms with E-state index >= 15 is 0 Å². The van der Waals surface area contributed by atoms with Gasteiger partial charge in [-0.25, -0.2) is 0 Å². The molecule has 0 saturated carbocycles. The lowest BCUT2D eigenvalue weighted by Crippen LogP contribution is -2.39. The summed E-state index contributed by atoms with van der Waals surface area (Å²) in [5.74, 6) is 0. The zero-order valence-corrected chi connectivity index (χ0v) is 9.05. The Bertz CT molecular complexity index is 105. The Morgan fingerprint density at radius 1 is 1.14 bits per heavy atom. The number of nitrogens with one attached hydrogen (secondary N) is 2. The topological polar surface area (TPSA) is 50.4 Å². The highest BCUT2D eigenvalue weighted by Crippen LogP contribution is 1.91. The maximum Gasteiger partial charge on any atom is 0.293 e. The predicted octanol–water partition coefficient (Wildman–Crippen LogP) is 0.529. The first kappa shape index (κ1) is 13.4. The van der Waals surface area contributed by atoms with Crippen LogP contribution in [0.4, 0.5) is 0 Å². The van der Waals surface area contributed by atoms with Gasteiger partial charge in [-0.05, 0) is 6.42 Å². The van der Waals surface area contributed by atoms with E-state index in [1.807, 2.05) is 0 Å². The van der Waals surface area contributed by atoms with Crippen LogP contribution in [0.25, 0.3) is 0 Å². The molecule has 0 aromatic carbocycles. The summed E-state index contributed by atoms with van der Waals surface area (Å²) in [6.45, 7) is 7.74. The molecule has 0 unspecified atom stereocenters. The van der Waals surface area contributed by atoms with E-state index in [1.54, 1.807) is 0 Å². The molecule has 0 bridgehead atoms. The van der Waals surface area contributed by atoms with Gasteiger partial charge in [0, 0.05) is 26.2 Å². The van der Waals surface area contributed by atoms with E-state index in [-0.39, 0.29) is 0 Å². The van der Waals surface area contributed by atoms with E-state index in [4.69, 9.17) is 0 Å². The molecule has 1 fully saturated rings. The average molecular weight is 202 g/mol. The Hall–Kier alpha value is -0.610. The molecule has 0 aromatic heterocycles. The van der Waals surface area contributed by atoms with Crippen LogP contribution in [0.5, 0.6) is 0 Å². The number of ether oxygens (including phenoxy) is 1. The minimum absolute atomic E-state index is 0.496. The molecule has 0 atom stereocenters. The minimum atomic E-state index is 0.496. The average Bonchev–Trinajstić information content (AvgIpc) is 2.28. The first-order chi connectivity index (χ1) is 6.91. The van der Waals surface area contributed by atoms with E-state index < -0.39 is 0 Å². The Labute approximate surface area is 86.4 Å². The number of rotatable bonds is 5. The van der Waals surface area contributed by atoms with Crippen molar-refractivity contribution >= 4 is 6.47 Å². The van der Waals surface area contributed by atoms with Crippen molar-refractivity contribution in [2.75, 3.05) is 32.8 Å².